The van der Waals surface area contributed by atoms with Crippen LogP contribution in [0.5, 0.6) is 23.0 Å². The van der Waals surface area contributed by atoms with Gasteiger partial charge in [0.25, 0.3) is 0 Å². The number of phenols is 4. The van der Waals surface area contributed by atoms with Crippen LogP contribution in [0.2, 0.25) is 0 Å². The molecule has 0 saturated heterocycles. The Labute approximate surface area is 103 Å². The third-order valence-corrected chi connectivity index (χ3v) is 2.06. The molecule has 0 aliphatic carbocycles. The fourth-order valence-corrected chi connectivity index (χ4v) is 1.13. The van der Waals surface area contributed by atoms with Gasteiger partial charge in [0.05, 0.1) is 5.56 Å². The highest BCUT2D eigenvalue weighted by Crippen LogP contribution is 2.23. The second-order valence-corrected chi connectivity index (χ2v) is 3.32. The lowest BCUT2D eigenvalue weighted by molar-refractivity contribution is 0.111. The van der Waals surface area contributed by atoms with E-state index in [1.54, 1.807) is 12.1 Å². The third-order valence-electron chi connectivity index (χ3n) is 2.06. The third kappa shape index (κ3) is 3.41. The molecule has 2 rings (SSSR count). The zero-order valence-electron chi connectivity index (χ0n) is 9.32. The fraction of sp³-hybridized carbons (Fsp3) is 0. The van der Waals surface area contributed by atoms with Crippen LogP contribution < -0.4 is 0 Å². The van der Waals surface area contributed by atoms with Crippen molar-refractivity contribution in [3.05, 3.63) is 48.0 Å². The van der Waals surface area contributed by atoms with Gasteiger partial charge in [-0.2, -0.15) is 0 Å². The van der Waals surface area contributed by atoms with Crippen LogP contribution >= 0.6 is 0 Å². The monoisotopic (exact) mass is 248 g/mol. The number of carbonyl (C=O) groups excluding carboxylic acids is 1. The Morgan fingerprint density at radius 1 is 0.667 bits per heavy atom. The van der Waals surface area contributed by atoms with Crippen molar-refractivity contribution in [1.29, 1.82) is 0 Å². The molecule has 18 heavy (non-hydrogen) atoms. The van der Waals surface area contributed by atoms with E-state index in [2.05, 4.69) is 0 Å². The summed E-state index contributed by atoms with van der Waals surface area (Å²) in [7, 11) is 0. The first-order valence-electron chi connectivity index (χ1n) is 4.99. The average Bonchev–Trinajstić information content (AvgIpc) is 2.34. The van der Waals surface area contributed by atoms with Gasteiger partial charge in [-0.3, -0.25) is 4.79 Å². The number of rotatable bonds is 1. The second kappa shape index (κ2) is 6.15. The van der Waals surface area contributed by atoms with Gasteiger partial charge in [-0.1, -0.05) is 18.2 Å². The highest BCUT2D eigenvalue weighted by atomic mass is 16.3. The van der Waals surface area contributed by atoms with E-state index in [1.165, 1.54) is 30.3 Å². The van der Waals surface area contributed by atoms with Gasteiger partial charge in [0, 0.05) is 0 Å². The number of hydrogen-bond acceptors (Lipinski definition) is 5. The molecular weight excluding hydrogens is 236 g/mol. The molecule has 5 heteroatoms. The average molecular weight is 248 g/mol. The van der Waals surface area contributed by atoms with Crippen LogP contribution in [0.3, 0.4) is 0 Å². The highest BCUT2D eigenvalue weighted by molar-refractivity contribution is 5.83. The van der Waals surface area contributed by atoms with Crippen molar-refractivity contribution in [2.45, 2.75) is 0 Å². The zero-order chi connectivity index (χ0) is 13.5. The number of aromatic hydroxyl groups is 4. The minimum absolute atomic E-state index is 0.0671. The van der Waals surface area contributed by atoms with Gasteiger partial charge in [0.2, 0.25) is 0 Å². The molecule has 0 fully saturated rings. The summed E-state index contributed by atoms with van der Waals surface area (Å²) in [6, 6.07) is 10.3. The molecule has 0 bridgehead atoms. The smallest absolute Gasteiger partial charge is 0.157 e. The van der Waals surface area contributed by atoms with E-state index in [0.717, 1.165) is 0 Å². The molecule has 2 aromatic carbocycles. The lowest BCUT2D eigenvalue weighted by atomic mass is 10.2. The topological polar surface area (TPSA) is 98.0 Å². The summed E-state index contributed by atoms with van der Waals surface area (Å²) in [5.41, 5.74) is -0.0671. The fourth-order valence-electron chi connectivity index (χ4n) is 1.13. The molecule has 2 aromatic rings. The normalized spacial score (nSPS) is 9.11. The summed E-state index contributed by atoms with van der Waals surface area (Å²) >= 11 is 0. The largest absolute Gasteiger partial charge is 0.507 e. The minimum Gasteiger partial charge on any atom is -0.507 e. The van der Waals surface area contributed by atoms with E-state index >= 15 is 0 Å². The summed E-state index contributed by atoms with van der Waals surface area (Å²) < 4.78 is 0. The molecule has 0 amide bonds. The summed E-state index contributed by atoms with van der Waals surface area (Å²) in [6.07, 6.45) is 0.407. The van der Waals surface area contributed by atoms with Crippen LogP contribution in [0.25, 0.3) is 0 Å². The molecule has 0 saturated carbocycles. The molecule has 0 aromatic heterocycles. The lowest BCUT2D eigenvalue weighted by Gasteiger charge is -1.97. The molecule has 94 valence electrons. The molecule has 4 N–H and O–H groups in total. The van der Waals surface area contributed by atoms with E-state index in [0.29, 0.717) is 6.29 Å². The van der Waals surface area contributed by atoms with Gasteiger partial charge in [0.1, 0.15) is 11.5 Å². The first kappa shape index (κ1) is 13.4. The Hall–Kier alpha value is -2.69. The Morgan fingerprint density at radius 2 is 1.06 bits per heavy atom. The predicted octanol–water partition coefficient (Wildman–Crippen LogP) is 2.01. The minimum atomic E-state index is -0.199. The lowest BCUT2D eigenvalue weighted by Crippen LogP contribution is -1.80. The molecule has 0 atom stereocenters. The standard InChI is InChI=1S/C7H6O3.C6H6O2/c8-4-5-6(9)2-1-3-7(5)10;7-5-3-1-2-4-6(5)8/h1-4,9-10H;1-4,7-8H. The predicted molar refractivity (Wildman–Crippen MR) is 64.9 cm³/mol. The van der Waals surface area contributed by atoms with Gasteiger partial charge in [-0.25, -0.2) is 0 Å². The maximum absolute atomic E-state index is 10.1. The van der Waals surface area contributed by atoms with Crippen molar-refractivity contribution in [2.24, 2.45) is 0 Å². The number of phenolic OH excluding ortho intramolecular Hbond substituents is 4. The maximum atomic E-state index is 10.1. The maximum Gasteiger partial charge on any atom is 0.157 e. The number of hydrogen-bond donors (Lipinski definition) is 4. The Kier molecular flexibility index (Phi) is 4.57. The van der Waals surface area contributed by atoms with E-state index in [-0.39, 0.29) is 28.6 Å². The van der Waals surface area contributed by atoms with Crippen LogP contribution in [-0.2, 0) is 0 Å². The van der Waals surface area contributed by atoms with Gasteiger partial charge in [-0.05, 0) is 24.3 Å². The van der Waals surface area contributed by atoms with Gasteiger partial charge < -0.3 is 20.4 Å². The molecule has 0 unspecified atom stereocenters. The summed E-state index contributed by atoms with van der Waals surface area (Å²) in [4.78, 5) is 10.1. The number of benzene rings is 2. The first-order chi connectivity index (χ1) is 8.56. The highest BCUT2D eigenvalue weighted by Gasteiger charge is 2.02. The van der Waals surface area contributed by atoms with E-state index < -0.39 is 0 Å². The van der Waals surface area contributed by atoms with Crippen LogP contribution in [0.15, 0.2) is 42.5 Å². The second-order valence-electron chi connectivity index (χ2n) is 3.32. The van der Waals surface area contributed by atoms with Crippen molar-refractivity contribution in [3.63, 3.8) is 0 Å². The molecular formula is C13H12O5. The number of aldehydes is 1. The van der Waals surface area contributed by atoms with E-state index in [4.69, 9.17) is 20.4 Å². The van der Waals surface area contributed by atoms with Crippen LogP contribution in [0.4, 0.5) is 0 Å². The van der Waals surface area contributed by atoms with Crippen LogP contribution in [0, 0.1) is 0 Å². The summed E-state index contributed by atoms with van der Waals surface area (Å²) in [6.45, 7) is 0. The Bertz CT molecular complexity index is 495. The van der Waals surface area contributed by atoms with Crippen molar-refractivity contribution in [2.75, 3.05) is 0 Å². The molecule has 5 nitrogen and oxygen atoms in total. The molecule has 0 spiro atoms. The zero-order valence-corrected chi connectivity index (χ0v) is 9.32. The van der Waals surface area contributed by atoms with E-state index in [1.807, 2.05) is 0 Å². The van der Waals surface area contributed by atoms with Crippen molar-refractivity contribution in [1.82, 2.24) is 0 Å². The van der Waals surface area contributed by atoms with Gasteiger partial charge >= 0.3 is 0 Å². The van der Waals surface area contributed by atoms with Gasteiger partial charge in [-0.15, -0.1) is 0 Å². The van der Waals surface area contributed by atoms with Crippen LogP contribution in [-0.4, -0.2) is 26.7 Å². The molecule has 0 heterocycles. The number of para-hydroxylation sites is 2. The van der Waals surface area contributed by atoms with Gasteiger partial charge in [0.15, 0.2) is 17.8 Å². The van der Waals surface area contributed by atoms with Crippen molar-refractivity contribution < 1.29 is 25.2 Å². The van der Waals surface area contributed by atoms with Crippen molar-refractivity contribution >= 4 is 6.29 Å². The summed E-state index contributed by atoms with van der Waals surface area (Å²) in [5.74, 6) is -0.551. The SMILES string of the molecule is O=Cc1c(O)cccc1O.Oc1ccccc1O. The molecule has 0 aliphatic rings. The molecule has 0 radical (unpaired) electrons. The van der Waals surface area contributed by atoms with E-state index in [9.17, 15) is 4.79 Å². The molecule has 0 aliphatic heterocycles. The first-order valence-corrected chi connectivity index (χ1v) is 4.99. The number of carbonyl (C=O) groups is 1. The van der Waals surface area contributed by atoms with Crippen molar-refractivity contribution in [3.8, 4) is 23.0 Å². The quantitative estimate of drug-likeness (QED) is 0.457. The Balaban J connectivity index is 0.000000184. The van der Waals surface area contributed by atoms with Crippen LogP contribution in [0.1, 0.15) is 10.4 Å². The summed E-state index contributed by atoms with van der Waals surface area (Å²) in [5, 5.41) is 35.1. The Morgan fingerprint density at radius 3 is 1.33 bits per heavy atom.